The highest BCUT2D eigenvalue weighted by atomic mass is 16.2. The van der Waals surface area contributed by atoms with E-state index < -0.39 is 0 Å². The van der Waals surface area contributed by atoms with E-state index in [4.69, 9.17) is 5.73 Å². The van der Waals surface area contributed by atoms with E-state index in [-0.39, 0.29) is 17.7 Å². The molecule has 5 heteroatoms. The highest BCUT2D eigenvalue weighted by Gasteiger charge is 2.27. The Bertz CT molecular complexity index is 439. The van der Waals surface area contributed by atoms with E-state index in [0.29, 0.717) is 6.54 Å². The van der Waals surface area contributed by atoms with Gasteiger partial charge in [0.15, 0.2) is 6.54 Å². The van der Waals surface area contributed by atoms with Gasteiger partial charge in [-0.25, -0.2) is 0 Å². The molecule has 4 N–H and O–H groups in total. The average molecular weight is 262 g/mol. The molecule has 1 heterocycles. The summed E-state index contributed by atoms with van der Waals surface area (Å²) in [5.41, 5.74) is 6.01. The number of benzene rings is 1. The number of hydrogen-bond donors (Lipinski definition) is 3. The molecule has 1 saturated heterocycles. The Morgan fingerprint density at radius 1 is 1.21 bits per heavy atom. The average Bonchev–Trinajstić information content (AvgIpc) is 2.40. The van der Waals surface area contributed by atoms with Gasteiger partial charge in [0.05, 0.1) is 13.1 Å². The van der Waals surface area contributed by atoms with Crippen LogP contribution in [0, 0.1) is 5.92 Å². The zero-order valence-corrected chi connectivity index (χ0v) is 10.9. The fraction of sp³-hybridized carbons (Fsp3) is 0.429. The van der Waals surface area contributed by atoms with Crippen LogP contribution in [0.2, 0.25) is 0 Å². The zero-order chi connectivity index (χ0) is 13.7. The number of amides is 2. The lowest BCUT2D eigenvalue weighted by atomic mass is 9.96. The highest BCUT2D eigenvalue weighted by molar-refractivity contribution is 5.92. The Morgan fingerprint density at radius 3 is 2.42 bits per heavy atom. The Kier molecular flexibility index (Phi) is 4.52. The number of nitrogens with two attached hydrogens (primary N) is 1. The molecule has 0 aromatic heterocycles. The molecule has 102 valence electrons. The predicted octanol–water partition coefficient (Wildman–Crippen LogP) is -0.595. The van der Waals surface area contributed by atoms with Gasteiger partial charge in [-0.3, -0.25) is 9.59 Å². The number of carbonyl (C=O) groups is 2. The van der Waals surface area contributed by atoms with Crippen LogP contribution in [0.5, 0.6) is 0 Å². The molecule has 0 unspecified atom stereocenters. The van der Waals surface area contributed by atoms with Crippen LogP contribution in [0.25, 0.3) is 0 Å². The minimum Gasteiger partial charge on any atom is -0.365 e. The van der Waals surface area contributed by atoms with Gasteiger partial charge in [0.1, 0.15) is 0 Å². The van der Waals surface area contributed by atoms with Crippen LogP contribution in [0.4, 0.5) is 5.69 Å². The van der Waals surface area contributed by atoms with E-state index in [1.165, 1.54) is 4.90 Å². The lowest BCUT2D eigenvalue weighted by Crippen LogP contribution is -3.14. The fourth-order valence-electron chi connectivity index (χ4n) is 2.48. The minimum atomic E-state index is -0.276. The standard InChI is InChI=1S/C14H19N3O2/c15-13(18)10-17-8-6-11(7-9-17)14(19)16-12-4-2-1-3-5-12/h1-5,11H,6-10H2,(H2,15,18)(H,16,19)/p+1. The van der Waals surface area contributed by atoms with Crippen LogP contribution >= 0.6 is 0 Å². The van der Waals surface area contributed by atoms with Crippen molar-refractivity contribution in [2.24, 2.45) is 11.7 Å². The Labute approximate surface area is 112 Å². The summed E-state index contributed by atoms with van der Waals surface area (Å²) in [6, 6.07) is 9.47. The minimum absolute atomic E-state index is 0.0387. The Morgan fingerprint density at radius 2 is 1.84 bits per heavy atom. The number of anilines is 1. The second-order valence-corrected chi connectivity index (χ2v) is 5.02. The van der Waals surface area contributed by atoms with Crippen molar-refractivity contribution in [1.29, 1.82) is 0 Å². The molecule has 1 aromatic carbocycles. The molecule has 1 fully saturated rings. The summed E-state index contributed by atoms with van der Waals surface area (Å²) in [6.45, 7) is 2.03. The molecular formula is C14H20N3O2+. The molecule has 1 aliphatic heterocycles. The maximum atomic E-state index is 12.1. The monoisotopic (exact) mass is 262 g/mol. The number of hydrogen-bond acceptors (Lipinski definition) is 2. The van der Waals surface area contributed by atoms with Crippen molar-refractivity contribution >= 4 is 17.5 Å². The summed E-state index contributed by atoms with van der Waals surface area (Å²) >= 11 is 0. The third-order valence-electron chi connectivity index (χ3n) is 3.53. The predicted molar refractivity (Wildman–Crippen MR) is 72.6 cm³/mol. The van der Waals surface area contributed by atoms with Crippen LogP contribution < -0.4 is 16.0 Å². The molecule has 1 aliphatic rings. The normalized spacial score (nSPS) is 22.7. The second-order valence-electron chi connectivity index (χ2n) is 5.02. The fourth-order valence-corrected chi connectivity index (χ4v) is 2.48. The first-order chi connectivity index (χ1) is 9.15. The van der Waals surface area contributed by atoms with Gasteiger partial charge in [-0.05, 0) is 12.1 Å². The van der Waals surface area contributed by atoms with Gasteiger partial charge in [-0.1, -0.05) is 18.2 Å². The summed E-state index contributed by atoms with van der Waals surface area (Å²) in [5, 5.41) is 2.93. The smallest absolute Gasteiger partial charge is 0.272 e. The topological polar surface area (TPSA) is 76.6 Å². The van der Waals surface area contributed by atoms with Crippen LogP contribution in [0.15, 0.2) is 30.3 Å². The van der Waals surface area contributed by atoms with Gasteiger partial charge in [0, 0.05) is 24.4 Å². The molecule has 19 heavy (non-hydrogen) atoms. The van der Waals surface area contributed by atoms with Crippen molar-refractivity contribution in [3.05, 3.63) is 30.3 Å². The van der Waals surface area contributed by atoms with Gasteiger partial charge in [0.25, 0.3) is 5.91 Å². The van der Waals surface area contributed by atoms with Gasteiger partial charge in [-0.2, -0.15) is 0 Å². The van der Waals surface area contributed by atoms with E-state index in [1.54, 1.807) is 0 Å². The Hall–Kier alpha value is -1.88. The van der Waals surface area contributed by atoms with Crippen LogP contribution in [0.3, 0.4) is 0 Å². The zero-order valence-electron chi connectivity index (χ0n) is 10.9. The van der Waals surface area contributed by atoms with Crippen molar-refractivity contribution in [2.75, 3.05) is 25.0 Å². The molecule has 0 radical (unpaired) electrons. The number of rotatable bonds is 4. The summed E-state index contributed by atoms with van der Waals surface area (Å²) in [6.07, 6.45) is 1.61. The summed E-state index contributed by atoms with van der Waals surface area (Å²) < 4.78 is 0. The Balaban J connectivity index is 1.81. The van der Waals surface area contributed by atoms with Crippen LogP contribution in [0.1, 0.15) is 12.8 Å². The molecule has 0 aliphatic carbocycles. The number of primary amides is 1. The third-order valence-corrected chi connectivity index (χ3v) is 3.53. The number of para-hydroxylation sites is 1. The quantitative estimate of drug-likeness (QED) is 0.678. The molecule has 1 aromatic rings. The second kappa shape index (κ2) is 6.33. The molecule has 2 rings (SSSR count). The largest absolute Gasteiger partial charge is 0.365 e. The molecule has 0 bridgehead atoms. The van der Waals surface area contributed by atoms with E-state index in [2.05, 4.69) is 5.32 Å². The lowest BCUT2D eigenvalue weighted by molar-refractivity contribution is -0.897. The maximum Gasteiger partial charge on any atom is 0.272 e. The van der Waals surface area contributed by atoms with Crippen LogP contribution in [-0.4, -0.2) is 31.4 Å². The molecule has 2 amide bonds. The van der Waals surface area contributed by atoms with Gasteiger partial charge in [0.2, 0.25) is 5.91 Å². The number of carbonyl (C=O) groups excluding carboxylic acids is 2. The van der Waals surface area contributed by atoms with E-state index in [9.17, 15) is 9.59 Å². The van der Waals surface area contributed by atoms with E-state index in [0.717, 1.165) is 31.6 Å². The first-order valence-electron chi connectivity index (χ1n) is 6.63. The SMILES string of the molecule is NC(=O)C[NH+]1CCC(C(=O)Nc2ccccc2)CC1. The van der Waals surface area contributed by atoms with E-state index >= 15 is 0 Å². The molecule has 5 nitrogen and oxygen atoms in total. The number of quaternary nitrogens is 1. The molecular weight excluding hydrogens is 242 g/mol. The molecule has 0 atom stereocenters. The first kappa shape index (κ1) is 13.5. The van der Waals surface area contributed by atoms with Crippen LogP contribution in [-0.2, 0) is 9.59 Å². The van der Waals surface area contributed by atoms with Crippen molar-refractivity contribution in [3.8, 4) is 0 Å². The van der Waals surface area contributed by atoms with Gasteiger partial charge < -0.3 is 16.0 Å². The van der Waals surface area contributed by atoms with Gasteiger partial charge >= 0.3 is 0 Å². The van der Waals surface area contributed by atoms with Gasteiger partial charge in [-0.15, -0.1) is 0 Å². The summed E-state index contributed by atoms with van der Waals surface area (Å²) in [4.78, 5) is 24.1. The van der Waals surface area contributed by atoms with Crippen molar-refractivity contribution in [1.82, 2.24) is 0 Å². The molecule has 0 saturated carbocycles. The van der Waals surface area contributed by atoms with Crippen molar-refractivity contribution < 1.29 is 14.5 Å². The highest BCUT2D eigenvalue weighted by Crippen LogP contribution is 2.13. The summed E-state index contributed by atoms with van der Waals surface area (Å²) in [5.74, 6) is -0.164. The maximum absolute atomic E-state index is 12.1. The number of piperidine rings is 1. The van der Waals surface area contributed by atoms with Crippen molar-refractivity contribution in [3.63, 3.8) is 0 Å². The first-order valence-corrected chi connectivity index (χ1v) is 6.63. The van der Waals surface area contributed by atoms with Crippen molar-refractivity contribution in [2.45, 2.75) is 12.8 Å². The third kappa shape index (κ3) is 4.06. The molecule has 0 spiro atoms. The van der Waals surface area contributed by atoms with E-state index in [1.807, 2.05) is 30.3 Å². The number of nitrogens with one attached hydrogen (secondary N) is 2. The number of likely N-dealkylation sites (tertiary alicyclic amines) is 1. The summed E-state index contributed by atoms with van der Waals surface area (Å²) in [7, 11) is 0. The lowest BCUT2D eigenvalue weighted by Gasteiger charge is -2.27.